The van der Waals surface area contributed by atoms with Gasteiger partial charge in [0.25, 0.3) is 11.5 Å². The van der Waals surface area contributed by atoms with Crippen LogP contribution < -0.4 is 20.3 Å². The minimum atomic E-state index is -3.72. The largest absolute Gasteiger partial charge is 0.491 e. The van der Waals surface area contributed by atoms with Crippen molar-refractivity contribution in [1.29, 1.82) is 0 Å². The van der Waals surface area contributed by atoms with Crippen molar-refractivity contribution in [2.75, 3.05) is 97.5 Å². The minimum Gasteiger partial charge on any atom is -0.491 e. The SMILES string of the molecule is CCOCCOCCOCCOCCOCCOCCOc1ccc(NC(=O)c2cc3c(-c4cc(S(C)(=O)=O)ccc4Oc4ccc(F)cc4F)cn(C)c(=O)c3[nH]2)cc1. The Bertz CT molecular complexity index is 2340. The summed E-state index contributed by atoms with van der Waals surface area (Å²) in [4.78, 5) is 29.5. The molecule has 2 heterocycles. The first-order chi connectivity index (χ1) is 28.9. The highest BCUT2D eigenvalue weighted by molar-refractivity contribution is 7.90. The van der Waals surface area contributed by atoms with Gasteiger partial charge in [-0.15, -0.1) is 0 Å². The van der Waals surface area contributed by atoms with E-state index in [1.807, 2.05) is 6.92 Å². The van der Waals surface area contributed by atoms with Crippen LogP contribution in [-0.2, 0) is 45.3 Å². The average Bonchev–Trinajstić information content (AvgIpc) is 3.68. The average molecular weight is 858 g/mol. The highest BCUT2D eigenvalue weighted by atomic mass is 32.2. The van der Waals surface area contributed by atoms with E-state index in [1.165, 1.54) is 42.1 Å². The molecule has 15 nitrogen and oxygen atoms in total. The van der Waals surface area contributed by atoms with Gasteiger partial charge in [0.05, 0.1) is 77.6 Å². The second-order valence-corrected chi connectivity index (χ2v) is 15.1. The molecule has 0 unspecified atom stereocenters. The second-order valence-electron chi connectivity index (χ2n) is 13.1. The molecule has 0 aliphatic heterocycles. The molecule has 1 amide bonds. The van der Waals surface area contributed by atoms with Crippen LogP contribution in [0.1, 0.15) is 17.4 Å². The van der Waals surface area contributed by atoms with Crippen molar-refractivity contribution in [2.24, 2.45) is 7.05 Å². The van der Waals surface area contributed by atoms with Crippen LogP contribution in [0.3, 0.4) is 0 Å². The number of anilines is 1. The van der Waals surface area contributed by atoms with Gasteiger partial charge in [-0.2, -0.15) is 0 Å². The number of ether oxygens (including phenoxy) is 8. The molecule has 18 heteroatoms. The topological polar surface area (TPSA) is 175 Å². The Hall–Kier alpha value is -5.21. The van der Waals surface area contributed by atoms with Crippen molar-refractivity contribution < 1.29 is 59.9 Å². The normalized spacial score (nSPS) is 11.6. The molecule has 0 saturated heterocycles. The molecule has 2 N–H and O–H groups in total. The van der Waals surface area contributed by atoms with Gasteiger partial charge in [0.1, 0.15) is 35.1 Å². The summed E-state index contributed by atoms with van der Waals surface area (Å²) in [5.41, 5.74) is 0.546. The first-order valence-electron chi connectivity index (χ1n) is 19.1. The standard InChI is InChI=1S/C42H49F2N3O12S/c1-4-52-13-14-53-15-16-54-17-18-55-19-20-56-21-22-57-23-24-58-31-8-6-30(7-9-31)45-41(48)37-27-34-35(28-47(2)42(49)40(34)46-37)33-26-32(60(3,50)51)10-12-38(33)59-39-11-5-29(43)25-36(39)44/h5-12,25-28,46H,4,13-24H2,1-3H3,(H,45,48). The van der Waals surface area contributed by atoms with Crippen LogP contribution in [0.4, 0.5) is 14.5 Å². The molecule has 0 spiro atoms. The number of hydrogen-bond acceptors (Lipinski definition) is 12. The Balaban J connectivity index is 1.09. The van der Waals surface area contributed by atoms with Gasteiger partial charge in [0.2, 0.25) is 0 Å². The van der Waals surface area contributed by atoms with Gasteiger partial charge in [0, 0.05) is 54.4 Å². The first kappa shape index (κ1) is 45.9. The van der Waals surface area contributed by atoms with Gasteiger partial charge in [-0.05, 0) is 67.6 Å². The van der Waals surface area contributed by atoms with Crippen LogP contribution >= 0.6 is 0 Å². The maximum atomic E-state index is 14.6. The van der Waals surface area contributed by atoms with Gasteiger partial charge in [0.15, 0.2) is 21.4 Å². The quantitative estimate of drug-likeness (QED) is 0.0645. The number of benzene rings is 3. The molecular formula is C42H49F2N3O12S. The molecule has 0 fully saturated rings. The maximum absolute atomic E-state index is 14.6. The summed E-state index contributed by atoms with van der Waals surface area (Å²) in [6, 6.07) is 14.8. The number of nitrogens with one attached hydrogen (secondary N) is 2. The van der Waals surface area contributed by atoms with E-state index in [0.29, 0.717) is 102 Å². The van der Waals surface area contributed by atoms with E-state index < -0.39 is 32.9 Å². The van der Waals surface area contributed by atoms with E-state index in [9.17, 15) is 26.8 Å². The van der Waals surface area contributed by atoms with E-state index in [1.54, 1.807) is 24.3 Å². The number of rotatable bonds is 26. The Morgan fingerprint density at radius 3 is 1.85 bits per heavy atom. The number of pyridine rings is 1. The summed E-state index contributed by atoms with van der Waals surface area (Å²) < 4.78 is 98.7. The van der Waals surface area contributed by atoms with E-state index in [-0.39, 0.29) is 45.2 Å². The van der Waals surface area contributed by atoms with Crippen LogP contribution in [0.5, 0.6) is 17.2 Å². The van der Waals surface area contributed by atoms with Crippen molar-refractivity contribution in [2.45, 2.75) is 11.8 Å². The first-order valence-corrected chi connectivity index (χ1v) is 21.0. The van der Waals surface area contributed by atoms with E-state index in [0.717, 1.165) is 18.4 Å². The van der Waals surface area contributed by atoms with Gasteiger partial charge >= 0.3 is 0 Å². The molecule has 60 heavy (non-hydrogen) atoms. The highest BCUT2D eigenvalue weighted by Gasteiger charge is 2.22. The number of H-pyrrole nitrogens is 1. The summed E-state index contributed by atoms with van der Waals surface area (Å²) in [5, 5.41) is 3.05. The Labute approximate surface area is 346 Å². The maximum Gasteiger partial charge on any atom is 0.274 e. The van der Waals surface area contributed by atoms with Gasteiger partial charge in [-0.3, -0.25) is 9.59 Å². The molecule has 3 aromatic carbocycles. The molecule has 324 valence electrons. The number of halogens is 2. The fourth-order valence-corrected chi connectivity index (χ4v) is 6.33. The van der Waals surface area contributed by atoms with Crippen LogP contribution in [0.25, 0.3) is 22.0 Å². The van der Waals surface area contributed by atoms with Gasteiger partial charge < -0.3 is 52.8 Å². The lowest BCUT2D eigenvalue weighted by Crippen LogP contribution is -2.17. The highest BCUT2D eigenvalue weighted by Crippen LogP contribution is 2.39. The zero-order valence-electron chi connectivity index (χ0n) is 33.6. The number of aromatic amines is 1. The number of amides is 1. The van der Waals surface area contributed by atoms with Crippen LogP contribution in [0.15, 0.2) is 82.6 Å². The lowest BCUT2D eigenvalue weighted by atomic mass is 10.0. The Morgan fingerprint density at radius 1 is 0.717 bits per heavy atom. The monoisotopic (exact) mass is 857 g/mol. The zero-order valence-corrected chi connectivity index (χ0v) is 34.4. The number of aromatic nitrogens is 2. The van der Waals surface area contributed by atoms with Gasteiger partial charge in [-0.25, -0.2) is 17.2 Å². The summed E-state index contributed by atoms with van der Waals surface area (Å²) >= 11 is 0. The molecule has 0 aliphatic rings. The van der Waals surface area contributed by atoms with Crippen molar-refractivity contribution in [3.63, 3.8) is 0 Å². The third kappa shape index (κ3) is 13.7. The molecule has 5 aromatic rings. The van der Waals surface area contributed by atoms with Crippen molar-refractivity contribution in [3.05, 3.63) is 101 Å². The van der Waals surface area contributed by atoms with Crippen LogP contribution in [-0.4, -0.2) is 116 Å². The molecule has 2 aromatic heterocycles. The van der Waals surface area contributed by atoms with Crippen molar-refractivity contribution in [3.8, 4) is 28.4 Å². The number of carbonyl (C=O) groups excluding carboxylic acids is 1. The van der Waals surface area contributed by atoms with Crippen molar-refractivity contribution in [1.82, 2.24) is 9.55 Å². The third-order valence-electron chi connectivity index (χ3n) is 8.67. The van der Waals surface area contributed by atoms with E-state index in [2.05, 4.69) is 10.3 Å². The van der Waals surface area contributed by atoms with Crippen LogP contribution in [0.2, 0.25) is 0 Å². The zero-order chi connectivity index (χ0) is 42.9. The molecule has 5 rings (SSSR count). The number of hydrogen-bond donors (Lipinski definition) is 2. The lowest BCUT2D eigenvalue weighted by Gasteiger charge is -2.15. The lowest BCUT2D eigenvalue weighted by molar-refractivity contribution is -0.0173. The summed E-state index contributed by atoms with van der Waals surface area (Å²) in [5.74, 6) is -2.09. The molecule has 0 bridgehead atoms. The smallest absolute Gasteiger partial charge is 0.274 e. The Kier molecular flexibility index (Phi) is 17.6. The summed E-state index contributed by atoms with van der Waals surface area (Å²) in [6.45, 7) is 8.02. The molecule has 0 radical (unpaired) electrons. The van der Waals surface area contributed by atoms with E-state index in [4.69, 9.17) is 37.9 Å². The third-order valence-corrected chi connectivity index (χ3v) is 9.78. The predicted molar refractivity (Wildman–Crippen MR) is 219 cm³/mol. The second kappa shape index (κ2) is 23.0. The summed E-state index contributed by atoms with van der Waals surface area (Å²) in [7, 11) is -2.24. The minimum absolute atomic E-state index is 0.0187. The van der Waals surface area contributed by atoms with Crippen LogP contribution in [0, 0.1) is 11.6 Å². The molecule has 0 aliphatic carbocycles. The number of fused-ring (bicyclic) bond motifs is 1. The number of nitrogens with zero attached hydrogens (tertiary/aromatic N) is 1. The fourth-order valence-electron chi connectivity index (χ4n) is 5.68. The predicted octanol–water partition coefficient (Wildman–Crippen LogP) is 5.76. The molecular weight excluding hydrogens is 809 g/mol. The van der Waals surface area contributed by atoms with Gasteiger partial charge in [-0.1, -0.05) is 0 Å². The molecule has 0 saturated carbocycles. The number of carbonyl (C=O) groups is 1. The molecule has 0 atom stereocenters. The number of sulfone groups is 1. The Morgan fingerprint density at radius 2 is 1.28 bits per heavy atom. The summed E-state index contributed by atoms with van der Waals surface area (Å²) in [6.07, 6.45) is 2.48. The van der Waals surface area contributed by atoms with E-state index >= 15 is 0 Å². The van der Waals surface area contributed by atoms with Crippen molar-refractivity contribution >= 4 is 32.3 Å². The number of aryl methyl sites for hydroxylation is 1. The fraction of sp³-hybridized carbons (Fsp3) is 0.381.